The molecule has 0 saturated carbocycles. The second-order valence-corrected chi connectivity index (χ2v) is 4.68. The van der Waals surface area contributed by atoms with E-state index in [9.17, 15) is 5.11 Å². The maximum atomic E-state index is 10.3. The van der Waals surface area contributed by atoms with E-state index in [0.29, 0.717) is 36.2 Å². The number of hydrogen-bond donors (Lipinski definition) is 3. The van der Waals surface area contributed by atoms with Crippen molar-refractivity contribution < 1.29 is 9.84 Å². The minimum atomic E-state index is -0.879. The zero-order valence-corrected chi connectivity index (χ0v) is 10.4. The second kappa shape index (κ2) is 4.68. The van der Waals surface area contributed by atoms with Crippen molar-refractivity contribution in [2.24, 2.45) is 0 Å². The number of ether oxygens (including phenoxy) is 1. The number of nitrogen functional groups attached to an aromatic ring is 1. The first kappa shape index (κ1) is 12.4. The van der Waals surface area contributed by atoms with E-state index in [-0.39, 0.29) is 6.10 Å². The maximum Gasteiger partial charge on any atom is 0.151 e. The fraction of sp³-hybridized carbons (Fsp3) is 0.545. The zero-order chi connectivity index (χ0) is 12.5. The van der Waals surface area contributed by atoms with E-state index in [0.717, 1.165) is 0 Å². The molecule has 6 heteroatoms. The summed E-state index contributed by atoms with van der Waals surface area (Å²) in [7, 11) is 0. The third-order valence-corrected chi connectivity index (χ3v) is 3.32. The minimum Gasteiger partial charge on any atom is -0.396 e. The number of nitrogens with zero attached hydrogens (tertiary/aromatic N) is 1. The van der Waals surface area contributed by atoms with Gasteiger partial charge < -0.3 is 20.9 Å². The Morgan fingerprint density at radius 2 is 2.47 bits per heavy atom. The van der Waals surface area contributed by atoms with Gasteiger partial charge >= 0.3 is 0 Å². The summed E-state index contributed by atoms with van der Waals surface area (Å²) in [5.41, 5.74) is 5.38. The number of halogens is 1. The molecule has 1 saturated heterocycles. The highest BCUT2D eigenvalue weighted by Crippen LogP contribution is 2.27. The first-order valence-corrected chi connectivity index (χ1v) is 5.89. The van der Waals surface area contributed by atoms with Gasteiger partial charge in [0, 0.05) is 19.6 Å². The Balaban J connectivity index is 2.04. The molecule has 1 aliphatic rings. The number of nitrogens with two attached hydrogens (primary N) is 1. The van der Waals surface area contributed by atoms with Gasteiger partial charge in [-0.05, 0) is 19.1 Å². The van der Waals surface area contributed by atoms with Gasteiger partial charge in [-0.3, -0.25) is 0 Å². The summed E-state index contributed by atoms with van der Waals surface area (Å²) in [5, 5.41) is 13.7. The number of hydrogen-bond acceptors (Lipinski definition) is 5. The summed E-state index contributed by atoms with van der Waals surface area (Å²) in [6, 6.07) is 3.30. The lowest BCUT2D eigenvalue weighted by Crippen LogP contribution is -2.43. The van der Waals surface area contributed by atoms with Crippen molar-refractivity contribution in [3.8, 4) is 0 Å². The lowest BCUT2D eigenvalue weighted by atomic mass is 9.97. The van der Waals surface area contributed by atoms with E-state index < -0.39 is 5.60 Å². The third-order valence-electron chi connectivity index (χ3n) is 3.11. The van der Waals surface area contributed by atoms with Crippen LogP contribution in [-0.2, 0) is 4.74 Å². The van der Waals surface area contributed by atoms with Crippen molar-refractivity contribution in [3.05, 3.63) is 17.3 Å². The number of pyridine rings is 1. The lowest BCUT2D eigenvalue weighted by Gasteiger charge is -2.26. The molecule has 0 aromatic carbocycles. The molecule has 0 radical (unpaired) electrons. The molecule has 1 aromatic heterocycles. The average Bonchev–Trinajstić information content (AvgIpc) is 2.61. The molecule has 2 unspecified atom stereocenters. The molecule has 0 bridgehead atoms. The third kappa shape index (κ3) is 2.62. The van der Waals surface area contributed by atoms with E-state index in [4.69, 9.17) is 22.1 Å². The van der Waals surface area contributed by atoms with Crippen molar-refractivity contribution in [3.63, 3.8) is 0 Å². The van der Waals surface area contributed by atoms with Gasteiger partial charge in [-0.15, -0.1) is 0 Å². The van der Waals surface area contributed by atoms with Gasteiger partial charge in [0.15, 0.2) is 5.82 Å². The Bertz CT molecular complexity index is 416. The molecular formula is C11H16ClN3O2. The molecular weight excluding hydrogens is 242 g/mol. The van der Waals surface area contributed by atoms with Crippen LogP contribution in [0.1, 0.15) is 13.3 Å². The highest BCUT2D eigenvalue weighted by atomic mass is 35.5. The SMILES string of the molecule is CC1OCCC1(O)CNc1nc(Cl)ccc1N. The molecule has 2 rings (SSSR count). The minimum absolute atomic E-state index is 0.199. The van der Waals surface area contributed by atoms with Crippen LogP contribution < -0.4 is 11.1 Å². The highest BCUT2D eigenvalue weighted by molar-refractivity contribution is 6.29. The molecule has 0 spiro atoms. The summed E-state index contributed by atoms with van der Waals surface area (Å²) in [4.78, 5) is 4.07. The van der Waals surface area contributed by atoms with Crippen LogP contribution in [0.25, 0.3) is 0 Å². The Kier molecular flexibility index (Phi) is 3.42. The van der Waals surface area contributed by atoms with Crippen LogP contribution in [0.3, 0.4) is 0 Å². The highest BCUT2D eigenvalue weighted by Gasteiger charge is 2.39. The molecule has 1 aliphatic heterocycles. The second-order valence-electron chi connectivity index (χ2n) is 4.29. The fourth-order valence-electron chi connectivity index (χ4n) is 1.83. The van der Waals surface area contributed by atoms with Crippen molar-refractivity contribution in [1.29, 1.82) is 0 Å². The number of aliphatic hydroxyl groups is 1. The van der Waals surface area contributed by atoms with Crippen molar-refractivity contribution >= 4 is 23.1 Å². The van der Waals surface area contributed by atoms with E-state index in [1.54, 1.807) is 12.1 Å². The molecule has 4 N–H and O–H groups in total. The molecule has 5 nitrogen and oxygen atoms in total. The van der Waals surface area contributed by atoms with Crippen LogP contribution in [0, 0.1) is 0 Å². The largest absolute Gasteiger partial charge is 0.396 e. The van der Waals surface area contributed by atoms with Crippen molar-refractivity contribution in [1.82, 2.24) is 4.98 Å². The molecule has 1 aromatic rings. The normalized spacial score (nSPS) is 28.3. The summed E-state index contributed by atoms with van der Waals surface area (Å²) in [6.07, 6.45) is 0.400. The molecule has 2 atom stereocenters. The summed E-state index contributed by atoms with van der Waals surface area (Å²) in [6.45, 7) is 2.76. The quantitative estimate of drug-likeness (QED) is 0.711. The average molecular weight is 258 g/mol. The van der Waals surface area contributed by atoms with Gasteiger partial charge in [-0.2, -0.15) is 0 Å². The van der Waals surface area contributed by atoms with Crippen LogP contribution in [0.4, 0.5) is 11.5 Å². The van der Waals surface area contributed by atoms with Gasteiger partial charge in [-0.1, -0.05) is 11.6 Å². The molecule has 94 valence electrons. The van der Waals surface area contributed by atoms with Gasteiger partial charge in [0.2, 0.25) is 0 Å². The first-order valence-electron chi connectivity index (χ1n) is 5.51. The summed E-state index contributed by atoms with van der Waals surface area (Å²) in [5.74, 6) is 0.491. The van der Waals surface area contributed by atoms with Crippen LogP contribution >= 0.6 is 11.6 Å². The summed E-state index contributed by atoms with van der Waals surface area (Å²) < 4.78 is 5.34. The molecule has 1 fully saturated rings. The first-order chi connectivity index (χ1) is 8.01. The molecule has 2 heterocycles. The van der Waals surface area contributed by atoms with Crippen molar-refractivity contribution in [2.45, 2.75) is 25.0 Å². The molecule has 0 amide bonds. The van der Waals surface area contributed by atoms with Crippen LogP contribution in [0.5, 0.6) is 0 Å². The fourth-order valence-corrected chi connectivity index (χ4v) is 1.97. The molecule has 0 aliphatic carbocycles. The lowest BCUT2D eigenvalue weighted by molar-refractivity contribution is -0.0176. The standard InChI is InChI=1S/C11H16ClN3O2/c1-7-11(16,4-5-17-7)6-14-10-8(13)2-3-9(12)15-10/h2-3,7,16H,4-6,13H2,1H3,(H,14,15). The smallest absolute Gasteiger partial charge is 0.151 e. The predicted octanol–water partition coefficient (Wildman–Crippen LogP) is 1.27. The van der Waals surface area contributed by atoms with E-state index in [2.05, 4.69) is 10.3 Å². The Morgan fingerprint density at radius 3 is 3.12 bits per heavy atom. The van der Waals surface area contributed by atoms with Crippen molar-refractivity contribution in [2.75, 3.05) is 24.2 Å². The maximum absolute atomic E-state index is 10.3. The van der Waals surface area contributed by atoms with Crippen LogP contribution in [-0.4, -0.2) is 34.9 Å². The zero-order valence-electron chi connectivity index (χ0n) is 9.61. The van der Waals surface area contributed by atoms with Gasteiger partial charge in [-0.25, -0.2) is 4.98 Å². The predicted molar refractivity (Wildman–Crippen MR) is 67.1 cm³/mol. The number of nitrogens with one attached hydrogen (secondary N) is 1. The van der Waals surface area contributed by atoms with E-state index in [1.807, 2.05) is 6.92 Å². The number of anilines is 2. The Morgan fingerprint density at radius 1 is 1.71 bits per heavy atom. The Labute approximate surface area is 105 Å². The number of rotatable bonds is 3. The number of aromatic nitrogens is 1. The van der Waals surface area contributed by atoms with Gasteiger partial charge in [0.05, 0.1) is 11.8 Å². The van der Waals surface area contributed by atoms with Crippen LogP contribution in [0.15, 0.2) is 12.1 Å². The van der Waals surface area contributed by atoms with Gasteiger partial charge in [0.25, 0.3) is 0 Å². The summed E-state index contributed by atoms with van der Waals surface area (Å²) >= 11 is 5.78. The monoisotopic (exact) mass is 257 g/mol. The Hall–Kier alpha value is -1.04. The van der Waals surface area contributed by atoms with E-state index in [1.165, 1.54) is 0 Å². The van der Waals surface area contributed by atoms with Crippen LogP contribution in [0.2, 0.25) is 5.15 Å². The topological polar surface area (TPSA) is 80.4 Å². The van der Waals surface area contributed by atoms with E-state index >= 15 is 0 Å². The molecule has 17 heavy (non-hydrogen) atoms. The van der Waals surface area contributed by atoms with Gasteiger partial charge in [0.1, 0.15) is 10.8 Å².